The molecule has 0 atom stereocenters. The lowest BCUT2D eigenvalue weighted by atomic mass is 10.0. The summed E-state index contributed by atoms with van der Waals surface area (Å²) in [5.41, 5.74) is 1.25. The van der Waals surface area contributed by atoms with Gasteiger partial charge < -0.3 is 5.32 Å². The van der Waals surface area contributed by atoms with Gasteiger partial charge in [-0.25, -0.2) is 18.4 Å². The van der Waals surface area contributed by atoms with Crippen molar-refractivity contribution in [3.05, 3.63) is 59.9 Å². The molecule has 1 aromatic heterocycles. The van der Waals surface area contributed by atoms with Gasteiger partial charge in [0.05, 0.1) is 28.1 Å². The minimum atomic E-state index is -3.39. The number of nitrogens with zero attached hydrogens (tertiary/aromatic N) is 2. The van der Waals surface area contributed by atoms with Gasteiger partial charge in [-0.2, -0.15) is 0 Å². The average molecular weight is 353 g/mol. The second-order valence-electron chi connectivity index (χ2n) is 5.85. The second-order valence-corrected chi connectivity index (χ2v) is 7.96. The maximum absolute atomic E-state index is 12.4. The maximum atomic E-state index is 12.4. The fourth-order valence-corrected chi connectivity index (χ4v) is 4.19. The molecule has 0 aliphatic carbocycles. The zero-order valence-electron chi connectivity index (χ0n) is 13.3. The standard InChI is InChI=1S/C18H15N3O3S/c22-15-11-19-18-17-13(15)7-4-8-14(17)20-16(21-18)9-10-25(23,24)12-5-2-1-3-6-12/h1-8H,9-11H2,(H,19,20,21). The molecular weight excluding hydrogens is 338 g/mol. The Kier molecular flexibility index (Phi) is 3.73. The van der Waals surface area contributed by atoms with E-state index in [1.807, 2.05) is 0 Å². The summed E-state index contributed by atoms with van der Waals surface area (Å²) in [6.07, 6.45) is 0.208. The van der Waals surface area contributed by atoms with Crippen LogP contribution in [0.2, 0.25) is 0 Å². The number of hydrogen-bond donors (Lipinski definition) is 1. The van der Waals surface area contributed by atoms with E-state index in [2.05, 4.69) is 15.3 Å². The molecule has 25 heavy (non-hydrogen) atoms. The molecule has 0 saturated carbocycles. The van der Waals surface area contributed by atoms with E-state index in [1.54, 1.807) is 48.5 Å². The first-order valence-corrected chi connectivity index (χ1v) is 9.54. The van der Waals surface area contributed by atoms with Crippen LogP contribution in [0.15, 0.2) is 53.4 Å². The molecule has 0 bridgehead atoms. The zero-order valence-corrected chi connectivity index (χ0v) is 14.1. The van der Waals surface area contributed by atoms with Gasteiger partial charge in [-0.3, -0.25) is 4.79 Å². The van der Waals surface area contributed by atoms with E-state index in [0.717, 1.165) is 0 Å². The number of ketones is 1. The Morgan fingerprint density at radius 2 is 1.80 bits per heavy atom. The third kappa shape index (κ3) is 2.87. The van der Waals surface area contributed by atoms with E-state index in [-0.39, 0.29) is 24.5 Å². The van der Waals surface area contributed by atoms with E-state index in [1.165, 1.54) is 0 Å². The predicted molar refractivity (Wildman–Crippen MR) is 94.6 cm³/mol. The highest BCUT2D eigenvalue weighted by Gasteiger charge is 2.22. The molecule has 3 aromatic rings. The normalized spacial score (nSPS) is 13.7. The SMILES string of the molecule is O=C1CNc2nc(CCS(=O)(=O)c3ccccc3)nc3cccc1c23. The van der Waals surface area contributed by atoms with Gasteiger partial charge >= 0.3 is 0 Å². The summed E-state index contributed by atoms with van der Waals surface area (Å²) >= 11 is 0. The number of Topliss-reactive ketones (excluding diaryl/α,β-unsaturated/α-hetero) is 1. The summed E-state index contributed by atoms with van der Waals surface area (Å²) in [5.74, 6) is 0.968. The Balaban J connectivity index is 1.67. The van der Waals surface area contributed by atoms with Gasteiger partial charge in [-0.1, -0.05) is 30.3 Å². The maximum Gasteiger partial charge on any atom is 0.182 e. The molecule has 1 N–H and O–H groups in total. The smallest absolute Gasteiger partial charge is 0.182 e. The molecule has 0 spiro atoms. The van der Waals surface area contributed by atoms with Gasteiger partial charge in [0.1, 0.15) is 11.6 Å². The number of rotatable bonds is 4. The monoisotopic (exact) mass is 353 g/mol. The van der Waals surface area contributed by atoms with Crippen molar-refractivity contribution in [1.82, 2.24) is 9.97 Å². The van der Waals surface area contributed by atoms with Crippen molar-refractivity contribution < 1.29 is 13.2 Å². The van der Waals surface area contributed by atoms with E-state index in [9.17, 15) is 13.2 Å². The molecule has 0 unspecified atom stereocenters. The summed E-state index contributed by atoms with van der Waals surface area (Å²) in [7, 11) is -3.39. The third-order valence-corrected chi connectivity index (χ3v) is 5.92. The molecule has 0 saturated heterocycles. The van der Waals surface area contributed by atoms with Crippen LogP contribution in [-0.4, -0.2) is 36.5 Å². The van der Waals surface area contributed by atoms with Crippen molar-refractivity contribution in [3.8, 4) is 0 Å². The first-order chi connectivity index (χ1) is 12.0. The van der Waals surface area contributed by atoms with Crippen molar-refractivity contribution >= 4 is 32.3 Å². The molecule has 2 heterocycles. The van der Waals surface area contributed by atoms with Crippen LogP contribution in [0, 0.1) is 0 Å². The van der Waals surface area contributed by atoms with Crippen molar-refractivity contribution in [2.45, 2.75) is 11.3 Å². The highest BCUT2D eigenvalue weighted by Crippen LogP contribution is 2.28. The van der Waals surface area contributed by atoms with Crippen LogP contribution in [0.3, 0.4) is 0 Å². The van der Waals surface area contributed by atoms with Crippen LogP contribution in [0.5, 0.6) is 0 Å². The zero-order chi connectivity index (χ0) is 17.4. The van der Waals surface area contributed by atoms with E-state index < -0.39 is 9.84 Å². The number of benzene rings is 2. The van der Waals surface area contributed by atoms with E-state index in [0.29, 0.717) is 33.0 Å². The number of sulfone groups is 1. The third-order valence-electron chi connectivity index (χ3n) is 4.18. The first-order valence-electron chi connectivity index (χ1n) is 7.89. The van der Waals surface area contributed by atoms with Crippen LogP contribution in [0.4, 0.5) is 5.82 Å². The molecule has 6 nitrogen and oxygen atoms in total. The number of aryl methyl sites for hydroxylation is 1. The number of carbonyl (C=O) groups is 1. The fourth-order valence-electron chi connectivity index (χ4n) is 2.93. The fraction of sp³-hybridized carbons (Fsp3) is 0.167. The highest BCUT2D eigenvalue weighted by atomic mass is 32.2. The van der Waals surface area contributed by atoms with Gasteiger partial charge in [0.2, 0.25) is 0 Å². The molecule has 0 radical (unpaired) electrons. The van der Waals surface area contributed by atoms with Gasteiger partial charge in [-0.15, -0.1) is 0 Å². The minimum absolute atomic E-state index is 0.00102. The van der Waals surface area contributed by atoms with Crippen molar-refractivity contribution in [1.29, 1.82) is 0 Å². The van der Waals surface area contributed by atoms with Gasteiger partial charge in [-0.05, 0) is 18.2 Å². The van der Waals surface area contributed by atoms with Crippen molar-refractivity contribution in [2.75, 3.05) is 17.6 Å². The van der Waals surface area contributed by atoms with Crippen LogP contribution >= 0.6 is 0 Å². The molecule has 0 amide bonds. The summed E-state index contributed by atoms with van der Waals surface area (Å²) in [6, 6.07) is 13.7. The van der Waals surface area contributed by atoms with Crippen molar-refractivity contribution in [2.24, 2.45) is 0 Å². The largest absolute Gasteiger partial charge is 0.362 e. The van der Waals surface area contributed by atoms with Gasteiger partial charge in [0, 0.05) is 12.0 Å². The molecule has 1 aliphatic heterocycles. The Morgan fingerprint density at radius 3 is 2.60 bits per heavy atom. The second kappa shape index (κ2) is 5.93. The number of anilines is 1. The van der Waals surface area contributed by atoms with E-state index in [4.69, 9.17) is 0 Å². The van der Waals surface area contributed by atoms with Crippen molar-refractivity contribution in [3.63, 3.8) is 0 Å². The summed E-state index contributed by atoms with van der Waals surface area (Å²) < 4.78 is 24.8. The number of hydrogen-bond acceptors (Lipinski definition) is 6. The summed E-state index contributed by atoms with van der Waals surface area (Å²) in [4.78, 5) is 21.1. The molecule has 7 heteroatoms. The minimum Gasteiger partial charge on any atom is -0.362 e. The first kappa shape index (κ1) is 15.7. The lowest BCUT2D eigenvalue weighted by molar-refractivity contribution is 0.101. The number of nitrogens with one attached hydrogen (secondary N) is 1. The van der Waals surface area contributed by atoms with Gasteiger partial charge in [0.15, 0.2) is 15.6 Å². The topological polar surface area (TPSA) is 89.0 Å². The molecule has 2 aromatic carbocycles. The van der Waals surface area contributed by atoms with Crippen LogP contribution in [-0.2, 0) is 16.3 Å². The molecule has 4 rings (SSSR count). The lowest BCUT2D eigenvalue weighted by Gasteiger charge is -2.17. The summed E-state index contributed by atoms with van der Waals surface area (Å²) in [5, 5.41) is 3.70. The number of aromatic nitrogens is 2. The summed E-state index contributed by atoms with van der Waals surface area (Å²) in [6.45, 7) is 0.185. The Bertz CT molecular complexity index is 1080. The highest BCUT2D eigenvalue weighted by molar-refractivity contribution is 7.91. The predicted octanol–water partition coefficient (Wildman–Crippen LogP) is 2.25. The molecular formula is C18H15N3O3S. The van der Waals surface area contributed by atoms with E-state index >= 15 is 0 Å². The van der Waals surface area contributed by atoms with Crippen LogP contribution in [0.25, 0.3) is 10.9 Å². The Labute approximate surface area is 144 Å². The molecule has 0 fully saturated rings. The average Bonchev–Trinajstić information content (AvgIpc) is 2.64. The quantitative estimate of drug-likeness (QED) is 0.774. The van der Waals surface area contributed by atoms with Gasteiger partial charge in [0.25, 0.3) is 0 Å². The lowest BCUT2D eigenvalue weighted by Crippen LogP contribution is -2.22. The number of carbonyl (C=O) groups excluding carboxylic acids is 1. The van der Waals surface area contributed by atoms with Crippen LogP contribution < -0.4 is 5.32 Å². The molecule has 126 valence electrons. The Morgan fingerprint density at radius 1 is 1.00 bits per heavy atom. The molecule has 1 aliphatic rings. The van der Waals surface area contributed by atoms with Crippen LogP contribution in [0.1, 0.15) is 16.2 Å². The Hall–Kier alpha value is -2.80.